The summed E-state index contributed by atoms with van der Waals surface area (Å²) in [5.41, 5.74) is 0. The third kappa shape index (κ3) is 4.48. The van der Waals surface area contributed by atoms with Crippen molar-refractivity contribution in [2.45, 2.75) is 33.1 Å². The number of thiophene rings is 1. The Bertz CT molecular complexity index is 349. The highest BCUT2D eigenvalue weighted by atomic mass is 32.1. The Morgan fingerprint density at radius 3 is 2.65 bits per heavy atom. The molecule has 0 unspecified atom stereocenters. The second kappa shape index (κ2) is 7.45. The molecule has 1 amide bonds. The van der Waals surface area contributed by atoms with Crippen molar-refractivity contribution < 1.29 is 9.90 Å². The van der Waals surface area contributed by atoms with E-state index in [2.05, 4.69) is 6.92 Å². The van der Waals surface area contributed by atoms with Gasteiger partial charge in [-0.05, 0) is 25.5 Å². The maximum Gasteiger partial charge on any atom is 0.264 e. The fourth-order valence-corrected chi connectivity index (χ4v) is 2.53. The number of hydrogen-bond donors (Lipinski definition) is 1. The normalized spacial score (nSPS) is 10.5. The van der Waals surface area contributed by atoms with E-state index in [1.54, 1.807) is 4.90 Å². The molecule has 0 radical (unpaired) electrons. The van der Waals surface area contributed by atoms with Crippen LogP contribution in [0.4, 0.5) is 0 Å². The summed E-state index contributed by atoms with van der Waals surface area (Å²) in [5, 5.41) is 9.00. The Balaban J connectivity index is 2.59. The van der Waals surface area contributed by atoms with Gasteiger partial charge in [0.05, 0.1) is 11.5 Å². The van der Waals surface area contributed by atoms with Crippen LogP contribution in [0.5, 0.6) is 0 Å². The number of aliphatic hydroxyl groups is 1. The molecule has 0 aliphatic rings. The summed E-state index contributed by atoms with van der Waals surface area (Å²) in [6.45, 7) is 5.33. The average Bonchev–Trinajstić information content (AvgIpc) is 2.74. The van der Waals surface area contributed by atoms with Crippen molar-refractivity contribution in [1.82, 2.24) is 4.90 Å². The van der Waals surface area contributed by atoms with E-state index in [0.717, 1.165) is 35.6 Å². The summed E-state index contributed by atoms with van der Waals surface area (Å²) >= 11 is 1.52. The van der Waals surface area contributed by atoms with E-state index < -0.39 is 0 Å². The van der Waals surface area contributed by atoms with Crippen LogP contribution in [0.15, 0.2) is 12.1 Å². The smallest absolute Gasteiger partial charge is 0.264 e. The summed E-state index contributed by atoms with van der Waals surface area (Å²) in [5.74, 6) is 0.0493. The van der Waals surface area contributed by atoms with E-state index in [4.69, 9.17) is 5.11 Å². The van der Waals surface area contributed by atoms with Crippen LogP contribution in [0, 0.1) is 6.92 Å². The summed E-state index contributed by atoms with van der Waals surface area (Å²) in [6.07, 6.45) is 3.27. The minimum atomic E-state index is 0.0300. The summed E-state index contributed by atoms with van der Waals surface area (Å²) in [7, 11) is 0. The third-order valence-electron chi connectivity index (χ3n) is 2.64. The van der Waals surface area contributed by atoms with Crippen LogP contribution in [0.25, 0.3) is 0 Å². The van der Waals surface area contributed by atoms with Gasteiger partial charge >= 0.3 is 0 Å². The summed E-state index contributed by atoms with van der Waals surface area (Å²) in [4.78, 5) is 15.8. The molecule has 1 aromatic rings. The van der Waals surface area contributed by atoms with Crippen molar-refractivity contribution in [2.75, 3.05) is 19.7 Å². The minimum absolute atomic E-state index is 0.0300. The number of amides is 1. The van der Waals surface area contributed by atoms with E-state index in [1.165, 1.54) is 11.3 Å². The van der Waals surface area contributed by atoms with Crippen molar-refractivity contribution in [3.63, 3.8) is 0 Å². The van der Waals surface area contributed by atoms with Crippen molar-refractivity contribution in [1.29, 1.82) is 0 Å². The fraction of sp³-hybridized carbons (Fsp3) is 0.615. The molecule has 1 rings (SSSR count). The number of rotatable bonds is 7. The first kappa shape index (κ1) is 14.2. The van der Waals surface area contributed by atoms with E-state index in [0.29, 0.717) is 6.54 Å². The Morgan fingerprint density at radius 1 is 1.35 bits per heavy atom. The number of carbonyl (C=O) groups is 1. The molecule has 3 nitrogen and oxygen atoms in total. The van der Waals surface area contributed by atoms with Gasteiger partial charge in [-0.25, -0.2) is 0 Å². The molecule has 17 heavy (non-hydrogen) atoms. The third-order valence-corrected chi connectivity index (χ3v) is 3.63. The van der Waals surface area contributed by atoms with Gasteiger partial charge in [-0.3, -0.25) is 4.79 Å². The maximum atomic E-state index is 12.2. The van der Waals surface area contributed by atoms with E-state index in [9.17, 15) is 4.79 Å². The number of aliphatic hydroxyl groups excluding tert-OH is 1. The van der Waals surface area contributed by atoms with Crippen LogP contribution in [0.1, 0.15) is 40.7 Å². The highest BCUT2D eigenvalue weighted by Crippen LogP contribution is 2.17. The van der Waals surface area contributed by atoms with Gasteiger partial charge in [0.2, 0.25) is 0 Å². The molecule has 1 heterocycles. The van der Waals surface area contributed by atoms with Gasteiger partial charge < -0.3 is 10.0 Å². The number of aryl methyl sites for hydroxylation is 1. The van der Waals surface area contributed by atoms with Gasteiger partial charge in [0.25, 0.3) is 5.91 Å². The van der Waals surface area contributed by atoms with E-state index in [1.807, 2.05) is 19.1 Å². The largest absolute Gasteiger partial charge is 0.395 e. The zero-order valence-electron chi connectivity index (χ0n) is 10.6. The van der Waals surface area contributed by atoms with Crippen molar-refractivity contribution >= 4 is 17.2 Å². The Labute approximate surface area is 107 Å². The number of unbranched alkanes of at least 4 members (excludes halogenated alkanes) is 2. The van der Waals surface area contributed by atoms with Crippen molar-refractivity contribution in [2.24, 2.45) is 0 Å². The number of nitrogens with zero attached hydrogens (tertiary/aromatic N) is 1. The van der Waals surface area contributed by atoms with Crippen molar-refractivity contribution in [3.05, 3.63) is 21.9 Å². The molecule has 1 aromatic heterocycles. The maximum absolute atomic E-state index is 12.2. The zero-order chi connectivity index (χ0) is 12.7. The van der Waals surface area contributed by atoms with Gasteiger partial charge in [0.15, 0.2) is 0 Å². The van der Waals surface area contributed by atoms with Gasteiger partial charge in [0, 0.05) is 18.0 Å². The predicted octanol–water partition coefficient (Wildman–Crippen LogP) is 2.68. The van der Waals surface area contributed by atoms with Crippen molar-refractivity contribution in [3.8, 4) is 0 Å². The number of carbonyl (C=O) groups excluding carboxylic acids is 1. The SMILES string of the molecule is CCCCCN(CCO)C(=O)c1ccc(C)s1. The van der Waals surface area contributed by atoms with Gasteiger partial charge in [-0.2, -0.15) is 0 Å². The van der Waals surface area contributed by atoms with Crippen LogP contribution in [-0.4, -0.2) is 35.6 Å². The van der Waals surface area contributed by atoms with Crippen LogP contribution in [0.3, 0.4) is 0 Å². The fourth-order valence-electron chi connectivity index (χ4n) is 1.69. The van der Waals surface area contributed by atoms with E-state index in [-0.39, 0.29) is 12.5 Å². The topological polar surface area (TPSA) is 40.5 Å². The molecule has 0 aliphatic carbocycles. The van der Waals surface area contributed by atoms with Crippen LogP contribution >= 0.6 is 11.3 Å². The quantitative estimate of drug-likeness (QED) is 0.761. The van der Waals surface area contributed by atoms with Crippen LogP contribution in [0.2, 0.25) is 0 Å². The Kier molecular flexibility index (Phi) is 6.22. The lowest BCUT2D eigenvalue weighted by Gasteiger charge is -2.20. The molecule has 0 fully saturated rings. The van der Waals surface area contributed by atoms with Gasteiger partial charge in [-0.1, -0.05) is 19.8 Å². The molecule has 0 atom stereocenters. The standard InChI is InChI=1S/C13H21NO2S/c1-3-4-5-8-14(9-10-15)13(16)12-7-6-11(2)17-12/h6-7,15H,3-5,8-10H2,1-2H3. The lowest BCUT2D eigenvalue weighted by molar-refractivity contribution is 0.0723. The first-order valence-electron chi connectivity index (χ1n) is 6.15. The first-order valence-corrected chi connectivity index (χ1v) is 6.97. The van der Waals surface area contributed by atoms with E-state index >= 15 is 0 Å². The second-order valence-corrected chi connectivity index (χ2v) is 5.42. The molecule has 96 valence electrons. The summed E-state index contributed by atoms with van der Waals surface area (Å²) in [6, 6.07) is 3.83. The molecule has 0 saturated heterocycles. The minimum Gasteiger partial charge on any atom is -0.395 e. The van der Waals surface area contributed by atoms with Crippen LogP contribution in [-0.2, 0) is 0 Å². The van der Waals surface area contributed by atoms with Gasteiger partial charge in [-0.15, -0.1) is 11.3 Å². The second-order valence-electron chi connectivity index (χ2n) is 4.13. The molecular weight excluding hydrogens is 234 g/mol. The highest BCUT2D eigenvalue weighted by Gasteiger charge is 2.16. The molecule has 1 N–H and O–H groups in total. The molecule has 0 aromatic carbocycles. The lowest BCUT2D eigenvalue weighted by atomic mass is 10.2. The molecule has 0 spiro atoms. The molecular formula is C13H21NO2S. The molecule has 0 saturated carbocycles. The first-order chi connectivity index (χ1) is 8.19. The Morgan fingerprint density at radius 2 is 2.12 bits per heavy atom. The number of hydrogen-bond acceptors (Lipinski definition) is 3. The molecule has 0 aliphatic heterocycles. The summed E-state index contributed by atoms with van der Waals surface area (Å²) < 4.78 is 0. The zero-order valence-corrected chi connectivity index (χ0v) is 11.4. The molecule has 0 bridgehead atoms. The lowest BCUT2D eigenvalue weighted by Crippen LogP contribution is -2.34. The Hall–Kier alpha value is -0.870. The predicted molar refractivity (Wildman–Crippen MR) is 71.6 cm³/mol. The average molecular weight is 255 g/mol. The molecule has 4 heteroatoms. The highest BCUT2D eigenvalue weighted by molar-refractivity contribution is 7.13. The monoisotopic (exact) mass is 255 g/mol. The van der Waals surface area contributed by atoms with Crippen LogP contribution < -0.4 is 0 Å². The van der Waals surface area contributed by atoms with Gasteiger partial charge in [0.1, 0.15) is 0 Å².